The molecule has 0 amide bonds. The van der Waals surface area contributed by atoms with Gasteiger partial charge in [-0.05, 0) is 12.1 Å². The van der Waals surface area contributed by atoms with Crippen LogP contribution in [0.25, 0.3) is 0 Å². The van der Waals surface area contributed by atoms with Crippen molar-refractivity contribution < 1.29 is 28.8 Å². The molecule has 1 rings (SSSR count). The van der Waals surface area contributed by atoms with Crippen LogP contribution in [0.2, 0.25) is 0 Å². The summed E-state index contributed by atoms with van der Waals surface area (Å²) in [5.41, 5.74) is 0.276. The Hall–Kier alpha value is -1.79. The van der Waals surface area contributed by atoms with Gasteiger partial charge in [0.1, 0.15) is 6.29 Å². The van der Waals surface area contributed by atoms with E-state index in [2.05, 4.69) is 0 Å². The van der Waals surface area contributed by atoms with Crippen molar-refractivity contribution >= 4 is 6.29 Å². The van der Waals surface area contributed by atoms with Gasteiger partial charge in [0.15, 0.2) is 25.1 Å². The quantitative estimate of drug-likeness (QED) is 0.571. The molecule has 0 bridgehead atoms. The maximum Gasteiger partial charge on any atom is 0.206 e. The van der Waals surface area contributed by atoms with Gasteiger partial charge in [-0.2, -0.15) is 0 Å². The zero-order chi connectivity index (χ0) is 12.7. The molecule has 0 atom stereocenters. The molecule has 1 aromatic carbocycles. The standard InChI is InChI=1S/C11H14O6/c1-14-6-16-10-4-8(5-12)3-9(13)11(10)17-7-15-2/h3-5,13H,6-7H2,1-2H3. The maximum absolute atomic E-state index is 10.6. The molecule has 1 N–H and O–H groups in total. The van der Waals surface area contributed by atoms with Gasteiger partial charge in [0.25, 0.3) is 0 Å². The summed E-state index contributed by atoms with van der Waals surface area (Å²) >= 11 is 0. The second kappa shape index (κ2) is 6.72. The summed E-state index contributed by atoms with van der Waals surface area (Å²) < 4.78 is 19.8. The fraction of sp³-hybridized carbons (Fsp3) is 0.364. The SMILES string of the molecule is COCOc1cc(C=O)cc(O)c1OCOC. The predicted molar refractivity (Wildman–Crippen MR) is 58.5 cm³/mol. The van der Waals surface area contributed by atoms with E-state index >= 15 is 0 Å². The molecule has 0 aliphatic heterocycles. The zero-order valence-electron chi connectivity index (χ0n) is 9.63. The van der Waals surface area contributed by atoms with Crippen LogP contribution in [0.3, 0.4) is 0 Å². The monoisotopic (exact) mass is 242 g/mol. The van der Waals surface area contributed by atoms with Gasteiger partial charge in [-0.3, -0.25) is 4.79 Å². The molecule has 94 valence electrons. The van der Waals surface area contributed by atoms with Gasteiger partial charge >= 0.3 is 0 Å². The lowest BCUT2D eigenvalue weighted by molar-refractivity contribution is 0.0307. The molecule has 0 aromatic heterocycles. The van der Waals surface area contributed by atoms with Crippen molar-refractivity contribution in [1.29, 1.82) is 0 Å². The number of methoxy groups -OCH3 is 2. The Bertz CT molecular complexity index is 376. The highest BCUT2D eigenvalue weighted by atomic mass is 16.7. The van der Waals surface area contributed by atoms with Crippen LogP contribution in [0, 0.1) is 0 Å². The third kappa shape index (κ3) is 3.61. The molecule has 6 nitrogen and oxygen atoms in total. The maximum atomic E-state index is 10.6. The van der Waals surface area contributed by atoms with Gasteiger partial charge in [-0.15, -0.1) is 0 Å². The summed E-state index contributed by atoms with van der Waals surface area (Å²) in [5, 5.41) is 9.67. The fourth-order valence-electron chi connectivity index (χ4n) is 1.17. The number of carbonyl (C=O) groups excluding carboxylic acids is 1. The topological polar surface area (TPSA) is 74.2 Å². The first-order chi connectivity index (χ1) is 8.22. The van der Waals surface area contributed by atoms with Crippen molar-refractivity contribution in [2.45, 2.75) is 0 Å². The lowest BCUT2D eigenvalue weighted by atomic mass is 10.2. The fourth-order valence-corrected chi connectivity index (χ4v) is 1.17. The van der Waals surface area contributed by atoms with Gasteiger partial charge in [0.2, 0.25) is 5.75 Å². The van der Waals surface area contributed by atoms with E-state index in [0.717, 1.165) is 0 Å². The summed E-state index contributed by atoms with van der Waals surface area (Å²) in [5.74, 6) is 0.123. The van der Waals surface area contributed by atoms with Crippen LogP contribution in [0.4, 0.5) is 0 Å². The molecule has 0 aliphatic carbocycles. The summed E-state index contributed by atoms with van der Waals surface area (Å²) in [7, 11) is 2.91. The van der Waals surface area contributed by atoms with E-state index in [-0.39, 0.29) is 36.4 Å². The number of aldehydes is 1. The van der Waals surface area contributed by atoms with E-state index in [0.29, 0.717) is 6.29 Å². The molecule has 0 heterocycles. The van der Waals surface area contributed by atoms with Crippen molar-refractivity contribution in [2.24, 2.45) is 0 Å². The molecule has 0 aliphatic rings. The second-order valence-electron chi connectivity index (χ2n) is 3.09. The van der Waals surface area contributed by atoms with E-state index in [1.807, 2.05) is 0 Å². The molecular formula is C11H14O6. The lowest BCUT2D eigenvalue weighted by Gasteiger charge is -2.13. The van der Waals surface area contributed by atoms with Gasteiger partial charge < -0.3 is 24.1 Å². The Labute approximate surface area is 98.7 Å². The molecule has 0 saturated carbocycles. The number of hydrogen-bond donors (Lipinski definition) is 1. The average molecular weight is 242 g/mol. The first kappa shape index (κ1) is 13.3. The second-order valence-corrected chi connectivity index (χ2v) is 3.09. The van der Waals surface area contributed by atoms with Crippen molar-refractivity contribution in [1.82, 2.24) is 0 Å². The Kier molecular flexibility index (Phi) is 5.25. The molecule has 0 fully saturated rings. The Morgan fingerprint density at radius 2 is 1.82 bits per heavy atom. The number of aromatic hydroxyl groups is 1. The molecule has 6 heteroatoms. The van der Waals surface area contributed by atoms with Crippen molar-refractivity contribution in [2.75, 3.05) is 27.8 Å². The van der Waals surface area contributed by atoms with E-state index in [4.69, 9.17) is 18.9 Å². The zero-order valence-corrected chi connectivity index (χ0v) is 9.63. The van der Waals surface area contributed by atoms with Crippen LogP contribution in [-0.2, 0) is 9.47 Å². The highest BCUT2D eigenvalue weighted by molar-refractivity contribution is 5.78. The van der Waals surface area contributed by atoms with Crippen molar-refractivity contribution in [3.8, 4) is 17.2 Å². The number of phenols is 1. The predicted octanol–water partition coefficient (Wildman–Crippen LogP) is 1.17. The summed E-state index contributed by atoms with van der Waals surface area (Å²) in [4.78, 5) is 10.6. The van der Waals surface area contributed by atoms with Gasteiger partial charge in [0, 0.05) is 19.8 Å². The smallest absolute Gasteiger partial charge is 0.206 e. The third-order valence-electron chi connectivity index (χ3n) is 1.85. The highest BCUT2D eigenvalue weighted by Crippen LogP contribution is 2.37. The summed E-state index contributed by atoms with van der Waals surface area (Å²) in [6.07, 6.45) is 0.597. The van der Waals surface area contributed by atoms with E-state index < -0.39 is 0 Å². The molecule has 1 aromatic rings. The molecule has 17 heavy (non-hydrogen) atoms. The molecule has 0 unspecified atom stereocenters. The Morgan fingerprint density at radius 3 is 2.41 bits per heavy atom. The third-order valence-corrected chi connectivity index (χ3v) is 1.85. The number of hydrogen-bond acceptors (Lipinski definition) is 6. The van der Waals surface area contributed by atoms with Crippen LogP contribution in [0.15, 0.2) is 12.1 Å². The molecule has 0 saturated heterocycles. The lowest BCUT2D eigenvalue weighted by Crippen LogP contribution is -2.05. The van der Waals surface area contributed by atoms with Gasteiger partial charge in [-0.1, -0.05) is 0 Å². The van der Waals surface area contributed by atoms with Crippen molar-refractivity contribution in [3.05, 3.63) is 17.7 Å². The van der Waals surface area contributed by atoms with Gasteiger partial charge in [0.05, 0.1) is 0 Å². The van der Waals surface area contributed by atoms with Crippen LogP contribution in [0.1, 0.15) is 10.4 Å². The van der Waals surface area contributed by atoms with Crippen LogP contribution >= 0.6 is 0 Å². The van der Waals surface area contributed by atoms with E-state index in [1.165, 1.54) is 26.4 Å². The van der Waals surface area contributed by atoms with Crippen LogP contribution in [0.5, 0.6) is 17.2 Å². The highest BCUT2D eigenvalue weighted by Gasteiger charge is 2.13. The Morgan fingerprint density at radius 1 is 1.18 bits per heavy atom. The number of ether oxygens (including phenoxy) is 4. The normalized spacial score (nSPS) is 10.0. The molecule has 0 spiro atoms. The van der Waals surface area contributed by atoms with Crippen molar-refractivity contribution in [3.63, 3.8) is 0 Å². The number of carbonyl (C=O) groups is 1. The molecular weight excluding hydrogens is 228 g/mol. The first-order valence-corrected chi connectivity index (χ1v) is 4.78. The minimum atomic E-state index is -0.197. The van der Waals surface area contributed by atoms with Crippen LogP contribution in [-0.4, -0.2) is 39.2 Å². The van der Waals surface area contributed by atoms with Gasteiger partial charge in [-0.25, -0.2) is 0 Å². The summed E-state index contributed by atoms with van der Waals surface area (Å²) in [6, 6.07) is 2.72. The number of rotatable bonds is 7. The minimum absolute atomic E-state index is 0.0227. The van der Waals surface area contributed by atoms with Crippen LogP contribution < -0.4 is 9.47 Å². The van der Waals surface area contributed by atoms with E-state index in [9.17, 15) is 9.90 Å². The number of phenolic OH excluding ortho intramolecular Hbond substituents is 1. The van der Waals surface area contributed by atoms with E-state index in [1.54, 1.807) is 0 Å². The number of benzene rings is 1. The molecule has 0 radical (unpaired) electrons. The Balaban J connectivity index is 3.00. The minimum Gasteiger partial charge on any atom is -0.504 e. The first-order valence-electron chi connectivity index (χ1n) is 4.78. The largest absolute Gasteiger partial charge is 0.504 e. The summed E-state index contributed by atoms with van der Waals surface area (Å²) in [6.45, 7) is -0.0670. The average Bonchev–Trinajstić information content (AvgIpc) is 2.34.